The monoisotopic (exact) mass is 149 g/mol. The Morgan fingerprint density at radius 2 is 2.00 bits per heavy atom. The van der Waals surface area contributed by atoms with E-state index in [0.29, 0.717) is 0 Å². The van der Waals surface area contributed by atoms with Crippen LogP contribution in [0.25, 0.3) is 0 Å². The molecule has 5 N–H and O–H groups in total. The molecule has 10 heavy (non-hydrogen) atoms. The third-order valence-corrected chi connectivity index (χ3v) is 1.60. The first kappa shape index (κ1) is 7.90. The Morgan fingerprint density at radius 1 is 1.40 bits per heavy atom. The van der Waals surface area contributed by atoms with Crippen molar-refractivity contribution in [1.82, 2.24) is 0 Å². The van der Waals surface area contributed by atoms with Crippen molar-refractivity contribution in [2.45, 2.75) is 24.5 Å². The highest BCUT2D eigenvalue weighted by Gasteiger charge is 2.39. The minimum Gasteiger partial charge on any atom is -0.394 e. The van der Waals surface area contributed by atoms with Crippen LogP contribution in [-0.4, -0.2) is 46.5 Å². The Balaban J connectivity index is 2.53. The molecule has 0 radical (unpaired) electrons. The lowest BCUT2D eigenvalue weighted by molar-refractivity contribution is -0.110. The highest BCUT2D eigenvalue weighted by atomic mass is 16.6. The molecule has 1 heterocycles. The molecule has 0 spiro atoms. The van der Waals surface area contributed by atoms with Gasteiger partial charge in [0, 0.05) is 0 Å². The van der Waals surface area contributed by atoms with Crippen molar-refractivity contribution in [3.63, 3.8) is 0 Å². The summed E-state index contributed by atoms with van der Waals surface area (Å²) in [5.74, 6) is 0. The number of hydrogen-bond donors (Lipinski definition) is 4. The molecule has 1 aliphatic rings. The quantitative estimate of drug-likeness (QED) is 0.327. The fourth-order valence-corrected chi connectivity index (χ4v) is 0.918. The molecule has 4 atom stereocenters. The van der Waals surface area contributed by atoms with Gasteiger partial charge in [-0.1, -0.05) is 0 Å². The fourth-order valence-electron chi connectivity index (χ4n) is 0.918. The van der Waals surface area contributed by atoms with E-state index in [1.807, 2.05) is 0 Å². The summed E-state index contributed by atoms with van der Waals surface area (Å²) in [4.78, 5) is 0. The van der Waals surface area contributed by atoms with E-state index < -0.39 is 24.5 Å². The minimum atomic E-state index is -1.16. The first-order chi connectivity index (χ1) is 4.66. The number of hydrogen-bond acceptors (Lipinski definition) is 5. The van der Waals surface area contributed by atoms with Crippen LogP contribution in [0, 0.1) is 0 Å². The van der Waals surface area contributed by atoms with Crippen molar-refractivity contribution < 1.29 is 20.1 Å². The molecule has 1 saturated heterocycles. The Labute approximate surface area is 58.0 Å². The van der Waals surface area contributed by atoms with Crippen molar-refractivity contribution in [2.75, 3.05) is 6.61 Å². The maximum absolute atomic E-state index is 9.06. The predicted molar refractivity (Wildman–Crippen MR) is 31.9 cm³/mol. The SMILES string of the molecule is N[C@@H]1[C@H](O)[C@@H](CO)O[C@H]1O. The Bertz CT molecular complexity index is 120. The molecular formula is C5H11NO4. The normalized spacial score (nSPS) is 48.0. The number of nitrogens with two attached hydrogens (primary N) is 1. The van der Waals surface area contributed by atoms with Gasteiger partial charge in [0.05, 0.1) is 12.6 Å². The van der Waals surface area contributed by atoms with Gasteiger partial charge in [-0.3, -0.25) is 0 Å². The van der Waals surface area contributed by atoms with E-state index in [9.17, 15) is 0 Å². The van der Waals surface area contributed by atoms with Gasteiger partial charge in [-0.2, -0.15) is 0 Å². The second-order valence-corrected chi connectivity index (χ2v) is 2.32. The van der Waals surface area contributed by atoms with Crippen LogP contribution in [0.1, 0.15) is 0 Å². The van der Waals surface area contributed by atoms with Crippen LogP contribution in [0.2, 0.25) is 0 Å². The molecule has 0 amide bonds. The average molecular weight is 149 g/mol. The van der Waals surface area contributed by atoms with E-state index in [2.05, 4.69) is 4.74 Å². The van der Waals surface area contributed by atoms with Gasteiger partial charge in [-0.05, 0) is 0 Å². The zero-order valence-electron chi connectivity index (χ0n) is 5.34. The molecule has 0 unspecified atom stereocenters. The number of ether oxygens (including phenoxy) is 1. The first-order valence-corrected chi connectivity index (χ1v) is 3.05. The maximum Gasteiger partial charge on any atom is 0.172 e. The van der Waals surface area contributed by atoms with E-state index in [4.69, 9.17) is 21.1 Å². The second kappa shape index (κ2) is 2.81. The van der Waals surface area contributed by atoms with Gasteiger partial charge < -0.3 is 25.8 Å². The fraction of sp³-hybridized carbons (Fsp3) is 1.00. The van der Waals surface area contributed by atoms with Gasteiger partial charge in [-0.25, -0.2) is 0 Å². The smallest absolute Gasteiger partial charge is 0.172 e. The topological polar surface area (TPSA) is 95.9 Å². The molecule has 0 aromatic rings. The molecule has 60 valence electrons. The van der Waals surface area contributed by atoms with Gasteiger partial charge in [0.1, 0.15) is 12.2 Å². The van der Waals surface area contributed by atoms with Crippen LogP contribution >= 0.6 is 0 Å². The van der Waals surface area contributed by atoms with Crippen LogP contribution < -0.4 is 5.73 Å². The molecule has 5 heteroatoms. The van der Waals surface area contributed by atoms with Gasteiger partial charge in [0.15, 0.2) is 6.29 Å². The lowest BCUT2D eigenvalue weighted by Gasteiger charge is -2.10. The molecule has 0 aliphatic carbocycles. The third-order valence-electron chi connectivity index (χ3n) is 1.60. The van der Waals surface area contributed by atoms with Gasteiger partial charge in [-0.15, -0.1) is 0 Å². The molecule has 0 bridgehead atoms. The standard InChI is InChI=1S/C5H11NO4/c6-3-4(8)2(1-7)10-5(3)9/h2-5,7-9H,1,6H2/t2-,3-,4-,5-/m1/s1. The number of aliphatic hydroxyl groups excluding tert-OH is 3. The summed E-state index contributed by atoms with van der Waals surface area (Å²) in [6, 6.07) is -0.808. The highest BCUT2D eigenvalue weighted by Crippen LogP contribution is 2.16. The van der Waals surface area contributed by atoms with Crippen molar-refractivity contribution in [3.05, 3.63) is 0 Å². The molecule has 1 fully saturated rings. The number of aliphatic hydroxyl groups is 3. The van der Waals surface area contributed by atoms with Crippen LogP contribution in [0.4, 0.5) is 0 Å². The highest BCUT2D eigenvalue weighted by molar-refractivity contribution is 4.88. The van der Waals surface area contributed by atoms with Crippen LogP contribution in [0.15, 0.2) is 0 Å². The zero-order chi connectivity index (χ0) is 7.72. The van der Waals surface area contributed by atoms with Crippen molar-refractivity contribution in [3.8, 4) is 0 Å². The van der Waals surface area contributed by atoms with E-state index in [0.717, 1.165) is 0 Å². The zero-order valence-corrected chi connectivity index (χ0v) is 5.34. The Kier molecular flexibility index (Phi) is 2.22. The second-order valence-electron chi connectivity index (χ2n) is 2.32. The molecule has 0 aromatic heterocycles. The molecule has 1 rings (SSSR count). The molecule has 5 nitrogen and oxygen atoms in total. The van der Waals surface area contributed by atoms with Crippen molar-refractivity contribution in [2.24, 2.45) is 5.73 Å². The summed E-state index contributed by atoms with van der Waals surface area (Å²) in [6.45, 7) is -0.327. The number of rotatable bonds is 1. The lowest BCUT2D eigenvalue weighted by Crippen LogP contribution is -2.40. The largest absolute Gasteiger partial charge is 0.394 e. The lowest BCUT2D eigenvalue weighted by atomic mass is 10.1. The summed E-state index contributed by atoms with van der Waals surface area (Å²) in [7, 11) is 0. The average Bonchev–Trinajstić information content (AvgIpc) is 2.17. The Morgan fingerprint density at radius 3 is 2.20 bits per heavy atom. The van der Waals surface area contributed by atoms with Crippen LogP contribution in [0.3, 0.4) is 0 Å². The van der Waals surface area contributed by atoms with E-state index in [1.54, 1.807) is 0 Å². The van der Waals surface area contributed by atoms with Gasteiger partial charge in [0.25, 0.3) is 0 Å². The first-order valence-electron chi connectivity index (χ1n) is 3.05. The summed E-state index contributed by atoms with van der Waals surface area (Å²) < 4.78 is 4.67. The van der Waals surface area contributed by atoms with E-state index in [-0.39, 0.29) is 6.61 Å². The minimum absolute atomic E-state index is 0.327. The molecule has 1 aliphatic heterocycles. The summed E-state index contributed by atoms with van der Waals surface area (Å²) in [5, 5.41) is 26.4. The van der Waals surface area contributed by atoms with Gasteiger partial charge in [0.2, 0.25) is 0 Å². The summed E-state index contributed by atoms with van der Waals surface area (Å²) in [6.07, 6.45) is -2.88. The summed E-state index contributed by atoms with van der Waals surface area (Å²) >= 11 is 0. The van der Waals surface area contributed by atoms with Crippen LogP contribution in [-0.2, 0) is 4.74 Å². The van der Waals surface area contributed by atoms with E-state index in [1.165, 1.54) is 0 Å². The maximum atomic E-state index is 9.06. The van der Waals surface area contributed by atoms with Crippen molar-refractivity contribution >= 4 is 0 Å². The predicted octanol–water partition coefficient (Wildman–Crippen LogP) is -2.62. The molecule has 0 saturated carbocycles. The van der Waals surface area contributed by atoms with Crippen molar-refractivity contribution in [1.29, 1.82) is 0 Å². The molecular weight excluding hydrogens is 138 g/mol. The van der Waals surface area contributed by atoms with E-state index >= 15 is 0 Å². The molecule has 0 aromatic carbocycles. The van der Waals surface area contributed by atoms with Gasteiger partial charge >= 0.3 is 0 Å². The Hall–Kier alpha value is -0.200. The van der Waals surface area contributed by atoms with Crippen LogP contribution in [0.5, 0.6) is 0 Å². The summed E-state index contributed by atoms with van der Waals surface area (Å²) in [5.41, 5.74) is 5.25. The third kappa shape index (κ3) is 1.14.